The van der Waals surface area contributed by atoms with Crippen LogP contribution in [0.15, 0.2) is 84.4 Å². The summed E-state index contributed by atoms with van der Waals surface area (Å²) in [6.45, 7) is 14.4. The molecule has 4 rings (SSSR count). The van der Waals surface area contributed by atoms with Crippen LogP contribution in [0.3, 0.4) is 0 Å². The maximum Gasteiger partial charge on any atom is 0.346 e. The van der Waals surface area contributed by atoms with Crippen molar-refractivity contribution in [2.75, 3.05) is 11.4 Å². The predicted octanol–water partition coefficient (Wildman–Crippen LogP) is 6.21. The van der Waals surface area contributed by atoms with Gasteiger partial charge in [0.05, 0.1) is 23.9 Å². The summed E-state index contributed by atoms with van der Waals surface area (Å²) in [5.74, 6) is -2.03. The molecule has 286 valence electrons. The fraction of sp³-hybridized carbons (Fsp3) is 0.488. The van der Waals surface area contributed by atoms with E-state index in [1.54, 1.807) is 19.1 Å². The summed E-state index contributed by atoms with van der Waals surface area (Å²) in [5, 5.41) is 22.5. The molecule has 5 atom stereocenters. The maximum absolute atomic E-state index is 15.1. The quantitative estimate of drug-likeness (QED) is 0.0656. The summed E-state index contributed by atoms with van der Waals surface area (Å²) >= 11 is 0. The van der Waals surface area contributed by atoms with Crippen molar-refractivity contribution in [3.05, 3.63) is 90.0 Å². The van der Waals surface area contributed by atoms with E-state index in [4.69, 9.17) is 4.74 Å². The first-order valence-corrected chi connectivity index (χ1v) is 19.1. The molecule has 1 saturated heterocycles. The van der Waals surface area contributed by atoms with E-state index < -0.39 is 47.6 Å². The Labute approximate surface area is 314 Å². The van der Waals surface area contributed by atoms with Crippen LogP contribution in [-0.2, 0) is 30.5 Å². The Balaban J connectivity index is 1.82. The molecule has 1 aliphatic heterocycles. The first-order valence-electron chi connectivity index (χ1n) is 19.1. The molecule has 4 N–H and O–H groups in total. The van der Waals surface area contributed by atoms with Crippen LogP contribution in [0, 0.1) is 11.8 Å². The molecule has 0 spiro atoms. The summed E-state index contributed by atoms with van der Waals surface area (Å²) in [4.78, 5) is 58.7. The van der Waals surface area contributed by atoms with Gasteiger partial charge in [0.2, 0.25) is 11.8 Å². The molecule has 0 saturated carbocycles. The van der Waals surface area contributed by atoms with Gasteiger partial charge in [0.25, 0.3) is 11.4 Å². The van der Waals surface area contributed by atoms with Crippen LogP contribution < -0.4 is 20.9 Å². The molecule has 53 heavy (non-hydrogen) atoms. The third-order valence-electron chi connectivity index (χ3n) is 9.64. The van der Waals surface area contributed by atoms with Gasteiger partial charge in [0.15, 0.2) is 0 Å². The van der Waals surface area contributed by atoms with Gasteiger partial charge >= 0.3 is 5.97 Å². The minimum Gasteiger partial charge on any atom is -0.456 e. The predicted molar refractivity (Wildman–Crippen MR) is 210 cm³/mol. The number of cyclic esters (lactones) is 1. The first-order chi connectivity index (χ1) is 25.3. The van der Waals surface area contributed by atoms with Crippen molar-refractivity contribution in [2.45, 2.75) is 117 Å². The number of hydrogen-bond acceptors (Lipinski definition) is 7. The van der Waals surface area contributed by atoms with Crippen LogP contribution in [-0.4, -0.2) is 65.2 Å². The first kappa shape index (κ1) is 41.2. The second-order valence-electron chi connectivity index (χ2n) is 15.0. The molecule has 10 heteroatoms. The van der Waals surface area contributed by atoms with Crippen LogP contribution in [0.1, 0.15) is 86.1 Å². The number of nitrogens with zero attached hydrogens (tertiary/aromatic N) is 1. The van der Waals surface area contributed by atoms with Gasteiger partial charge in [0.1, 0.15) is 6.10 Å². The van der Waals surface area contributed by atoms with Gasteiger partial charge in [-0.25, -0.2) is 4.79 Å². The molecule has 1 unspecified atom stereocenters. The van der Waals surface area contributed by atoms with Crippen LogP contribution >= 0.6 is 0 Å². The number of anilines is 1. The fourth-order valence-electron chi connectivity index (χ4n) is 6.86. The van der Waals surface area contributed by atoms with Gasteiger partial charge < -0.3 is 25.8 Å². The van der Waals surface area contributed by atoms with E-state index in [9.17, 15) is 19.5 Å². The Morgan fingerprint density at radius 2 is 1.58 bits per heavy atom. The number of nitrogens with one attached hydrogen (secondary N) is 3. The monoisotopic (exact) mass is 726 g/mol. The summed E-state index contributed by atoms with van der Waals surface area (Å²) in [7, 11) is 0. The second-order valence-corrected chi connectivity index (χ2v) is 15.0. The number of hydrogen-bond donors (Lipinski definition) is 4. The maximum atomic E-state index is 15.1. The average molecular weight is 727 g/mol. The molecule has 3 aromatic rings. The van der Waals surface area contributed by atoms with Crippen LogP contribution in [0.5, 0.6) is 0 Å². The fourth-order valence-corrected chi connectivity index (χ4v) is 6.86. The van der Waals surface area contributed by atoms with Gasteiger partial charge in [-0.3, -0.25) is 19.3 Å². The topological polar surface area (TPSA) is 137 Å². The molecule has 0 radical (unpaired) electrons. The molecule has 1 heterocycles. The van der Waals surface area contributed by atoms with Gasteiger partial charge in [-0.1, -0.05) is 121 Å². The number of esters is 1. The van der Waals surface area contributed by atoms with E-state index in [2.05, 4.69) is 16.0 Å². The molecule has 0 aliphatic carbocycles. The van der Waals surface area contributed by atoms with Crippen molar-refractivity contribution in [3.8, 4) is 0 Å². The van der Waals surface area contributed by atoms with Crippen LogP contribution in [0.2, 0.25) is 0 Å². The Kier molecular flexibility index (Phi) is 14.8. The average Bonchev–Trinajstić information content (AvgIpc) is 3.14. The SMILES string of the molecule is CCC/C(=C/[C@H](O)[C@H](CC(C)C)NC(=O)[C@]1(N(C(=O)[C@H](C)NCc2ccccc2)c2cccc3ccccc23)C(=O)OC1CCC)C(=O)NCC(C)C. The van der Waals surface area contributed by atoms with Gasteiger partial charge in [-0.05, 0) is 61.1 Å². The zero-order chi connectivity index (χ0) is 38.7. The number of amides is 3. The standard InChI is InChI=1S/C43H58N4O6/c1-8-16-33(39(49)45-26-29(5)6)25-37(48)35(24-28(3)4)46-41(51)43(38(17-9-2)53-42(43)52)47(36-23-15-21-32-20-13-14-22-34(32)36)40(50)30(7)44-27-31-18-11-10-12-19-31/h10-15,18-23,25,28-30,35,37-38,44,48H,8-9,16-17,24,26-27H2,1-7H3,(H,45,49)(H,46,51)/b33-25-/t30-,35-,37-,38?,43-/m0/s1. The molecule has 1 aliphatic rings. The third kappa shape index (κ3) is 9.72. The molecular formula is C43H58N4O6. The number of fused-ring (bicyclic) bond motifs is 1. The van der Waals surface area contributed by atoms with Gasteiger partial charge in [-0.2, -0.15) is 0 Å². The van der Waals surface area contributed by atoms with Crippen molar-refractivity contribution < 1.29 is 29.0 Å². The van der Waals surface area contributed by atoms with E-state index in [1.165, 1.54) is 11.0 Å². The lowest BCUT2D eigenvalue weighted by Crippen LogP contribution is -2.80. The van der Waals surface area contributed by atoms with E-state index in [0.29, 0.717) is 61.8 Å². The number of rotatable bonds is 19. The Hall–Kier alpha value is -4.54. The van der Waals surface area contributed by atoms with Crippen LogP contribution in [0.4, 0.5) is 5.69 Å². The largest absolute Gasteiger partial charge is 0.456 e. The van der Waals surface area contributed by atoms with E-state index >= 15 is 4.79 Å². The molecule has 3 aromatic carbocycles. The molecule has 3 amide bonds. The molecule has 1 fully saturated rings. The highest BCUT2D eigenvalue weighted by molar-refractivity contribution is 6.23. The van der Waals surface area contributed by atoms with Gasteiger partial charge in [0, 0.05) is 24.0 Å². The van der Waals surface area contributed by atoms with Crippen molar-refractivity contribution >= 4 is 40.2 Å². The lowest BCUT2D eigenvalue weighted by Gasteiger charge is -2.52. The summed E-state index contributed by atoms with van der Waals surface area (Å²) < 4.78 is 5.75. The van der Waals surface area contributed by atoms with Crippen LogP contribution in [0.25, 0.3) is 10.8 Å². The van der Waals surface area contributed by atoms with E-state index in [0.717, 1.165) is 10.9 Å². The number of aliphatic hydroxyl groups excluding tert-OH is 1. The van der Waals surface area contributed by atoms with Gasteiger partial charge in [-0.15, -0.1) is 0 Å². The normalized spacial score (nSPS) is 18.9. The molecule has 10 nitrogen and oxygen atoms in total. The lowest BCUT2D eigenvalue weighted by atomic mass is 9.79. The molecular weight excluding hydrogens is 668 g/mol. The van der Waals surface area contributed by atoms with Crippen molar-refractivity contribution in [3.63, 3.8) is 0 Å². The highest BCUT2D eigenvalue weighted by Gasteiger charge is 2.69. The minimum absolute atomic E-state index is 0.0292. The zero-order valence-corrected chi connectivity index (χ0v) is 32.4. The Bertz CT molecular complexity index is 1740. The van der Waals surface area contributed by atoms with Crippen molar-refractivity contribution in [1.29, 1.82) is 0 Å². The summed E-state index contributed by atoms with van der Waals surface area (Å²) in [6.07, 6.45) is 1.69. The Morgan fingerprint density at radius 3 is 2.23 bits per heavy atom. The Morgan fingerprint density at radius 1 is 0.906 bits per heavy atom. The second kappa shape index (κ2) is 19.0. The number of aliphatic hydroxyl groups is 1. The highest BCUT2D eigenvalue weighted by Crippen LogP contribution is 2.43. The minimum atomic E-state index is -2.07. The summed E-state index contributed by atoms with van der Waals surface area (Å²) in [6, 6.07) is 21.0. The van der Waals surface area contributed by atoms with E-state index in [-0.39, 0.29) is 17.7 Å². The molecule has 0 aromatic heterocycles. The number of carbonyl (C=O) groups is 4. The molecule has 0 bridgehead atoms. The lowest BCUT2D eigenvalue weighted by molar-refractivity contribution is -0.194. The van der Waals surface area contributed by atoms with E-state index in [1.807, 2.05) is 102 Å². The number of benzene rings is 3. The number of ether oxygens (including phenoxy) is 1. The number of carbonyl (C=O) groups excluding carboxylic acids is 4. The van der Waals surface area contributed by atoms with Crippen molar-refractivity contribution in [1.82, 2.24) is 16.0 Å². The highest BCUT2D eigenvalue weighted by atomic mass is 16.6. The summed E-state index contributed by atoms with van der Waals surface area (Å²) in [5.41, 5.74) is -0.264. The smallest absolute Gasteiger partial charge is 0.346 e. The third-order valence-corrected chi connectivity index (χ3v) is 9.64. The zero-order valence-electron chi connectivity index (χ0n) is 32.4. The van der Waals surface area contributed by atoms with Crippen molar-refractivity contribution in [2.24, 2.45) is 11.8 Å².